The molecular formula is C17H25N3O4S. The van der Waals surface area contributed by atoms with Crippen LogP contribution in [0.1, 0.15) is 24.8 Å². The second-order valence-electron chi connectivity index (χ2n) is 6.91. The summed E-state index contributed by atoms with van der Waals surface area (Å²) in [6, 6.07) is 9.54. The van der Waals surface area contributed by atoms with Gasteiger partial charge >= 0.3 is 6.09 Å². The Bertz CT molecular complexity index is 725. The van der Waals surface area contributed by atoms with Gasteiger partial charge in [0.2, 0.25) is 0 Å². The summed E-state index contributed by atoms with van der Waals surface area (Å²) in [5.74, 6) is 0. The van der Waals surface area contributed by atoms with Crippen molar-refractivity contribution in [1.29, 1.82) is 0 Å². The third-order valence-corrected chi connectivity index (χ3v) is 6.90. The van der Waals surface area contributed by atoms with Crippen LogP contribution in [0.2, 0.25) is 0 Å². The van der Waals surface area contributed by atoms with E-state index in [4.69, 9.17) is 4.74 Å². The Morgan fingerprint density at radius 2 is 1.92 bits per heavy atom. The Kier molecular flexibility index (Phi) is 5.04. The Morgan fingerprint density at radius 1 is 1.20 bits per heavy atom. The molecule has 0 N–H and O–H groups in total. The van der Waals surface area contributed by atoms with E-state index in [-0.39, 0.29) is 6.09 Å². The van der Waals surface area contributed by atoms with Gasteiger partial charge in [-0.15, -0.1) is 0 Å². The van der Waals surface area contributed by atoms with Crippen molar-refractivity contribution in [3.63, 3.8) is 0 Å². The molecule has 138 valence electrons. The molecular weight excluding hydrogens is 342 g/mol. The first-order valence-electron chi connectivity index (χ1n) is 8.52. The highest BCUT2D eigenvalue weighted by Crippen LogP contribution is 2.33. The number of carbonyl (C=O) groups is 1. The highest BCUT2D eigenvalue weighted by molar-refractivity contribution is 7.86. The standard InChI is InChI=1S/C17H25N3O4S/c1-18-14-17(24-16(18)21)9-6-11-20(12-10-17)25(22,23)19(2)13-15-7-4-3-5-8-15/h3-5,7-8H,6,9-14H2,1-2H3/t17-/m1/s1. The third kappa shape index (κ3) is 3.80. The van der Waals surface area contributed by atoms with Crippen LogP contribution < -0.4 is 0 Å². The molecule has 8 heteroatoms. The van der Waals surface area contributed by atoms with Gasteiger partial charge in [-0.3, -0.25) is 0 Å². The Labute approximate surface area is 149 Å². The molecule has 1 aromatic carbocycles. The van der Waals surface area contributed by atoms with Crippen molar-refractivity contribution in [3.8, 4) is 0 Å². The molecule has 1 amide bonds. The molecule has 0 aliphatic carbocycles. The Hall–Kier alpha value is -1.64. The number of likely N-dealkylation sites (N-methyl/N-ethyl adjacent to an activating group) is 1. The lowest BCUT2D eigenvalue weighted by atomic mass is 9.95. The summed E-state index contributed by atoms with van der Waals surface area (Å²) in [5.41, 5.74) is 0.403. The maximum atomic E-state index is 12.9. The van der Waals surface area contributed by atoms with Crippen LogP contribution in [0.15, 0.2) is 30.3 Å². The monoisotopic (exact) mass is 367 g/mol. The van der Waals surface area contributed by atoms with Crippen LogP contribution >= 0.6 is 0 Å². The van der Waals surface area contributed by atoms with Gasteiger partial charge in [0.05, 0.1) is 6.54 Å². The summed E-state index contributed by atoms with van der Waals surface area (Å²) in [6.45, 7) is 1.68. The highest BCUT2D eigenvalue weighted by atomic mass is 32.2. The number of hydrogen-bond acceptors (Lipinski definition) is 4. The zero-order valence-corrected chi connectivity index (χ0v) is 15.5. The van der Waals surface area contributed by atoms with Gasteiger partial charge in [0, 0.05) is 40.2 Å². The first kappa shape index (κ1) is 18.2. The minimum atomic E-state index is -3.54. The molecule has 25 heavy (non-hydrogen) atoms. The Balaban J connectivity index is 1.68. The lowest BCUT2D eigenvalue weighted by Gasteiger charge is -2.27. The summed E-state index contributed by atoms with van der Waals surface area (Å²) >= 11 is 0. The van der Waals surface area contributed by atoms with Gasteiger partial charge in [0.15, 0.2) is 0 Å². The average Bonchev–Trinajstić information content (AvgIpc) is 2.73. The minimum Gasteiger partial charge on any atom is -0.441 e. The van der Waals surface area contributed by atoms with E-state index in [1.165, 1.54) is 8.61 Å². The maximum absolute atomic E-state index is 12.9. The lowest BCUT2D eigenvalue weighted by Crippen LogP contribution is -2.43. The van der Waals surface area contributed by atoms with Crippen LogP contribution in [-0.2, 0) is 21.5 Å². The maximum Gasteiger partial charge on any atom is 0.410 e. The van der Waals surface area contributed by atoms with Gasteiger partial charge < -0.3 is 9.64 Å². The quantitative estimate of drug-likeness (QED) is 0.812. The molecule has 0 bridgehead atoms. The molecule has 2 aliphatic heterocycles. The topological polar surface area (TPSA) is 70.2 Å². The summed E-state index contributed by atoms with van der Waals surface area (Å²) in [6.07, 6.45) is 1.58. The zero-order chi connectivity index (χ0) is 18.1. The fourth-order valence-corrected chi connectivity index (χ4v) is 4.93. The predicted octanol–water partition coefficient (Wildman–Crippen LogP) is 1.67. The fraction of sp³-hybridized carbons (Fsp3) is 0.588. The normalized spacial score (nSPS) is 25.4. The van der Waals surface area contributed by atoms with Crippen LogP contribution in [0.4, 0.5) is 4.79 Å². The van der Waals surface area contributed by atoms with Crippen molar-refractivity contribution in [2.24, 2.45) is 0 Å². The van der Waals surface area contributed by atoms with Crippen LogP contribution in [-0.4, -0.2) is 67.4 Å². The van der Waals surface area contributed by atoms with Crippen molar-refractivity contribution < 1.29 is 17.9 Å². The van der Waals surface area contributed by atoms with Crippen molar-refractivity contribution in [2.45, 2.75) is 31.4 Å². The Morgan fingerprint density at radius 3 is 2.56 bits per heavy atom. The van der Waals surface area contributed by atoms with Crippen LogP contribution in [0.25, 0.3) is 0 Å². The van der Waals surface area contributed by atoms with E-state index >= 15 is 0 Å². The first-order chi connectivity index (χ1) is 11.8. The molecule has 2 saturated heterocycles. The summed E-state index contributed by atoms with van der Waals surface area (Å²) in [7, 11) is -0.228. The van der Waals surface area contributed by atoms with Crippen molar-refractivity contribution in [3.05, 3.63) is 35.9 Å². The van der Waals surface area contributed by atoms with Crippen LogP contribution in [0.5, 0.6) is 0 Å². The molecule has 0 radical (unpaired) electrons. The van der Waals surface area contributed by atoms with Gasteiger partial charge in [0.1, 0.15) is 5.60 Å². The third-order valence-electron chi connectivity index (χ3n) is 4.97. The second kappa shape index (κ2) is 6.93. The molecule has 2 fully saturated rings. The van der Waals surface area contributed by atoms with Gasteiger partial charge in [0.25, 0.3) is 10.2 Å². The van der Waals surface area contributed by atoms with Crippen LogP contribution in [0, 0.1) is 0 Å². The molecule has 0 aromatic heterocycles. The number of benzene rings is 1. The average molecular weight is 367 g/mol. The molecule has 1 atom stereocenters. The number of rotatable bonds is 4. The molecule has 1 spiro atoms. The van der Waals surface area contributed by atoms with E-state index in [0.29, 0.717) is 45.4 Å². The smallest absolute Gasteiger partial charge is 0.410 e. The number of nitrogens with zero attached hydrogens (tertiary/aromatic N) is 3. The number of ether oxygens (including phenoxy) is 1. The van der Waals surface area contributed by atoms with Gasteiger partial charge in [-0.05, 0) is 18.4 Å². The highest BCUT2D eigenvalue weighted by Gasteiger charge is 2.45. The van der Waals surface area contributed by atoms with E-state index in [9.17, 15) is 13.2 Å². The minimum absolute atomic E-state index is 0.322. The fourth-order valence-electron chi connectivity index (χ4n) is 3.55. The van der Waals surface area contributed by atoms with Gasteiger partial charge in [-0.25, -0.2) is 4.79 Å². The van der Waals surface area contributed by atoms with E-state index in [1.807, 2.05) is 30.3 Å². The molecule has 2 aliphatic rings. The molecule has 0 unspecified atom stereocenters. The molecule has 7 nitrogen and oxygen atoms in total. The number of carbonyl (C=O) groups excluding carboxylic acids is 1. The van der Waals surface area contributed by atoms with Gasteiger partial charge in [-0.1, -0.05) is 30.3 Å². The molecule has 1 aromatic rings. The number of hydrogen-bond donors (Lipinski definition) is 0. The van der Waals surface area contributed by atoms with Crippen molar-refractivity contribution in [1.82, 2.24) is 13.5 Å². The second-order valence-corrected chi connectivity index (χ2v) is 8.94. The van der Waals surface area contributed by atoms with Crippen molar-refractivity contribution in [2.75, 3.05) is 33.7 Å². The largest absolute Gasteiger partial charge is 0.441 e. The molecule has 3 rings (SSSR count). The molecule has 0 saturated carbocycles. The predicted molar refractivity (Wildman–Crippen MR) is 94.1 cm³/mol. The summed E-state index contributed by atoms with van der Waals surface area (Å²) in [4.78, 5) is 13.3. The summed E-state index contributed by atoms with van der Waals surface area (Å²) < 4.78 is 34.3. The summed E-state index contributed by atoms with van der Waals surface area (Å²) in [5, 5.41) is 0. The van der Waals surface area contributed by atoms with E-state index in [2.05, 4.69) is 0 Å². The van der Waals surface area contributed by atoms with E-state index < -0.39 is 15.8 Å². The number of amides is 1. The van der Waals surface area contributed by atoms with Gasteiger partial charge in [-0.2, -0.15) is 17.0 Å². The lowest BCUT2D eigenvalue weighted by molar-refractivity contribution is 0.0459. The van der Waals surface area contributed by atoms with Crippen LogP contribution in [0.3, 0.4) is 0 Å². The van der Waals surface area contributed by atoms with E-state index in [0.717, 1.165) is 5.56 Å². The SMILES string of the molecule is CN1C[C@]2(CCCN(S(=O)(=O)N(C)Cc3ccccc3)CC2)OC1=O. The van der Waals surface area contributed by atoms with Crippen molar-refractivity contribution >= 4 is 16.3 Å². The molecule has 2 heterocycles. The van der Waals surface area contributed by atoms with E-state index in [1.54, 1.807) is 19.0 Å². The zero-order valence-electron chi connectivity index (χ0n) is 14.7. The first-order valence-corrected chi connectivity index (χ1v) is 9.92.